The summed E-state index contributed by atoms with van der Waals surface area (Å²) in [5, 5.41) is 0. The quantitative estimate of drug-likeness (QED) is 0.318. The second-order valence-electron chi connectivity index (χ2n) is 1.09. The van der Waals surface area contributed by atoms with Crippen LogP contribution < -0.4 is 18.9 Å². The first-order chi connectivity index (χ1) is 3.00. The van der Waals surface area contributed by atoms with Gasteiger partial charge in [0.05, 0.1) is 0 Å². The minimum absolute atomic E-state index is 0. The van der Waals surface area contributed by atoms with Crippen LogP contribution in [0.4, 0.5) is 0 Å². The number of rotatable bonds is 0. The van der Waals surface area contributed by atoms with E-state index in [-0.39, 0.29) is 18.9 Å². The molecule has 1 aliphatic rings. The van der Waals surface area contributed by atoms with E-state index in [1.54, 1.807) is 15.4 Å². The molecular formula is C3H6LiP3+2. The normalized spacial score (nSPS) is 22.9. The van der Waals surface area contributed by atoms with E-state index in [0.29, 0.717) is 0 Å². The van der Waals surface area contributed by atoms with Crippen LogP contribution in [-0.2, 0) is 0 Å². The molecule has 0 radical (unpaired) electrons. The molecule has 4 heteroatoms. The standard InChI is InChI=1S/C3H5P3.Li/c1-2-4-6-5-3-1;/h2H,1,3H2;/q;+1/p+1. The molecule has 0 amide bonds. The maximum absolute atomic E-state index is 2.36. The van der Waals surface area contributed by atoms with Gasteiger partial charge in [-0.3, -0.25) is 0 Å². The summed E-state index contributed by atoms with van der Waals surface area (Å²) >= 11 is 0. The first kappa shape index (κ1) is 8.37. The molecule has 1 rings (SSSR count). The average molecular weight is 142 g/mol. The summed E-state index contributed by atoms with van der Waals surface area (Å²) in [7, 11) is 4.43. The van der Waals surface area contributed by atoms with Crippen molar-refractivity contribution in [3.63, 3.8) is 0 Å². The van der Waals surface area contributed by atoms with Crippen molar-refractivity contribution >= 4 is 29.1 Å². The molecule has 0 aromatic heterocycles. The molecule has 7 heavy (non-hydrogen) atoms. The van der Waals surface area contributed by atoms with Gasteiger partial charge in [-0.25, -0.2) is 0 Å². The van der Waals surface area contributed by atoms with E-state index in [4.69, 9.17) is 0 Å². The van der Waals surface area contributed by atoms with E-state index >= 15 is 0 Å². The summed E-state index contributed by atoms with van der Waals surface area (Å²) in [6, 6.07) is 0. The predicted molar refractivity (Wildman–Crippen MR) is 37.7 cm³/mol. The second kappa shape index (κ2) is 5.50. The molecule has 1 unspecified atom stereocenters. The molecule has 1 heterocycles. The molecule has 0 N–H and O–H groups in total. The summed E-state index contributed by atoms with van der Waals surface area (Å²) in [4.78, 5) is 0. The van der Waals surface area contributed by atoms with Gasteiger partial charge in [0.2, 0.25) is 0 Å². The van der Waals surface area contributed by atoms with Gasteiger partial charge in [0, 0.05) is 14.3 Å². The minimum Gasteiger partial charge on any atom is -0.0447 e. The maximum Gasteiger partial charge on any atom is 1.00 e. The van der Waals surface area contributed by atoms with Crippen molar-refractivity contribution in [2.24, 2.45) is 0 Å². The van der Waals surface area contributed by atoms with Crippen LogP contribution in [0.3, 0.4) is 0 Å². The largest absolute Gasteiger partial charge is 1.00 e. The van der Waals surface area contributed by atoms with Crippen molar-refractivity contribution in [1.29, 1.82) is 0 Å². The molecule has 1 atom stereocenters. The van der Waals surface area contributed by atoms with E-state index in [1.807, 2.05) is 0 Å². The van der Waals surface area contributed by atoms with Gasteiger partial charge in [-0.1, -0.05) is 0 Å². The fourth-order valence-electron chi connectivity index (χ4n) is 0.318. The molecule has 0 fully saturated rings. The van der Waals surface area contributed by atoms with Crippen LogP contribution in [0.1, 0.15) is 6.42 Å². The van der Waals surface area contributed by atoms with Crippen LogP contribution in [0.25, 0.3) is 0 Å². The summed E-state index contributed by atoms with van der Waals surface area (Å²) in [6.45, 7) is 0. The summed E-state index contributed by atoms with van der Waals surface area (Å²) in [5.41, 5.74) is 0. The second-order valence-corrected chi connectivity index (χ2v) is 6.75. The van der Waals surface area contributed by atoms with E-state index in [0.717, 1.165) is 0 Å². The molecule has 0 nitrogen and oxygen atoms in total. The summed E-state index contributed by atoms with van der Waals surface area (Å²) in [5.74, 6) is 2.36. The van der Waals surface area contributed by atoms with E-state index in [9.17, 15) is 0 Å². The zero-order chi connectivity index (χ0) is 4.24. The average Bonchev–Trinajstić information content (AvgIpc) is 1.72. The molecule has 0 aliphatic carbocycles. The summed E-state index contributed by atoms with van der Waals surface area (Å²) in [6.07, 6.45) is 2.82. The van der Waals surface area contributed by atoms with Gasteiger partial charge in [0.15, 0.2) is 7.56 Å². The van der Waals surface area contributed by atoms with E-state index < -0.39 is 0 Å². The molecule has 0 aromatic carbocycles. The third kappa shape index (κ3) is 3.91. The molecule has 1 aliphatic heterocycles. The van der Waals surface area contributed by atoms with Crippen molar-refractivity contribution < 1.29 is 18.9 Å². The third-order valence-corrected chi connectivity index (χ3v) is 6.03. The molecule has 32 valence electrons. The monoisotopic (exact) mass is 142 g/mol. The topological polar surface area (TPSA) is 0 Å². The Kier molecular flexibility index (Phi) is 6.58. The first-order valence-electron chi connectivity index (χ1n) is 1.94. The fraction of sp³-hybridized carbons (Fsp3) is 0.667. The van der Waals surface area contributed by atoms with Crippen molar-refractivity contribution in [3.05, 3.63) is 0 Å². The van der Waals surface area contributed by atoms with Crippen LogP contribution in [0.5, 0.6) is 0 Å². The zero-order valence-corrected chi connectivity index (χ0v) is 7.17. The van der Waals surface area contributed by atoms with Gasteiger partial charge >= 0.3 is 18.9 Å². The minimum atomic E-state index is 0. The van der Waals surface area contributed by atoms with Crippen molar-refractivity contribution in [2.75, 3.05) is 6.16 Å². The Morgan fingerprint density at radius 3 is 2.57 bits per heavy atom. The van der Waals surface area contributed by atoms with Gasteiger partial charge in [-0.05, 0) is 5.80 Å². The van der Waals surface area contributed by atoms with E-state index in [1.165, 1.54) is 20.5 Å². The molecular weight excluding hydrogens is 136 g/mol. The van der Waals surface area contributed by atoms with Crippen LogP contribution in [0.15, 0.2) is 0 Å². The maximum atomic E-state index is 2.36. The first-order valence-corrected chi connectivity index (χ1v) is 6.56. The molecule has 0 bridgehead atoms. The molecule has 0 saturated heterocycles. The van der Waals surface area contributed by atoms with Crippen molar-refractivity contribution in [2.45, 2.75) is 6.42 Å². The Hall–Kier alpha value is 1.37. The number of hydrogen-bond donors (Lipinski definition) is 0. The Bertz CT molecular complexity index is 76.2. The fourth-order valence-corrected chi connectivity index (χ4v) is 5.24. The number of hydrogen-bond acceptors (Lipinski definition) is 0. The van der Waals surface area contributed by atoms with Gasteiger partial charge in [0.25, 0.3) is 0 Å². The Morgan fingerprint density at radius 2 is 2.43 bits per heavy atom. The predicted octanol–water partition coefficient (Wildman–Crippen LogP) is -0.403. The summed E-state index contributed by atoms with van der Waals surface area (Å²) < 4.78 is 0. The smallest absolute Gasteiger partial charge is 0.0447 e. The van der Waals surface area contributed by atoms with E-state index in [2.05, 4.69) is 5.80 Å². The van der Waals surface area contributed by atoms with Gasteiger partial charge in [-0.15, -0.1) is 0 Å². The van der Waals surface area contributed by atoms with Crippen molar-refractivity contribution in [3.8, 4) is 0 Å². The molecule has 0 spiro atoms. The molecule has 0 saturated carbocycles. The molecule has 0 aromatic rings. The van der Waals surface area contributed by atoms with Crippen LogP contribution in [0, 0.1) is 0 Å². The van der Waals surface area contributed by atoms with Crippen LogP contribution in [-0.4, -0.2) is 12.0 Å². The Labute approximate surface area is 60.8 Å². The Balaban J connectivity index is 0.000000360. The van der Waals surface area contributed by atoms with Gasteiger partial charge in [0.1, 0.15) is 14.0 Å². The Morgan fingerprint density at radius 1 is 1.57 bits per heavy atom. The SMILES string of the molecule is C1=PP=[PH+]CC1.[Li+]. The third-order valence-electron chi connectivity index (χ3n) is 0.595. The van der Waals surface area contributed by atoms with Crippen LogP contribution in [0.2, 0.25) is 0 Å². The van der Waals surface area contributed by atoms with Gasteiger partial charge in [-0.2, -0.15) is 0 Å². The zero-order valence-electron chi connectivity index (χ0n) is 4.39. The van der Waals surface area contributed by atoms with Crippen LogP contribution >= 0.6 is 23.3 Å². The van der Waals surface area contributed by atoms with Gasteiger partial charge < -0.3 is 0 Å². The van der Waals surface area contributed by atoms with Crippen molar-refractivity contribution in [1.82, 2.24) is 0 Å².